The van der Waals surface area contributed by atoms with E-state index in [-0.39, 0.29) is 11.9 Å². The molecule has 6 heteroatoms. The number of nitrogens with zero attached hydrogens (tertiary/aromatic N) is 3. The van der Waals surface area contributed by atoms with Crippen molar-refractivity contribution < 1.29 is 9.21 Å². The second-order valence-corrected chi connectivity index (χ2v) is 6.74. The van der Waals surface area contributed by atoms with E-state index in [0.29, 0.717) is 11.5 Å². The number of fused-ring (bicyclic) bond motifs is 4. The summed E-state index contributed by atoms with van der Waals surface area (Å²) in [5.74, 6) is 0.648. The van der Waals surface area contributed by atoms with Crippen molar-refractivity contribution in [2.75, 3.05) is 19.6 Å². The number of H-pyrrole nitrogens is 1. The van der Waals surface area contributed by atoms with Crippen LogP contribution in [0, 0.1) is 12.8 Å². The summed E-state index contributed by atoms with van der Waals surface area (Å²) in [6.45, 7) is 5.73. The molecule has 122 valence electrons. The fraction of sp³-hybridized carbons (Fsp3) is 0.529. The standard InChI is InChI=1S/C17H22N4O2/c1-12-16(19-11-18-12)9-20-6-13-2-3-15(8-20)21(7-13)17(22)14-4-5-23-10-14/h4-5,10-11,13,15H,2-3,6-9H2,1H3,(H,18,19)/t13-,15+/m0/s1. The van der Waals surface area contributed by atoms with Crippen LogP contribution in [0.5, 0.6) is 0 Å². The lowest BCUT2D eigenvalue weighted by Crippen LogP contribution is -2.47. The second-order valence-electron chi connectivity index (χ2n) is 6.74. The number of hydrogen-bond donors (Lipinski definition) is 1. The summed E-state index contributed by atoms with van der Waals surface area (Å²) >= 11 is 0. The van der Waals surface area contributed by atoms with Gasteiger partial charge in [-0.15, -0.1) is 0 Å². The number of aryl methyl sites for hydroxylation is 1. The molecule has 3 fully saturated rings. The first-order valence-corrected chi connectivity index (χ1v) is 8.25. The Balaban J connectivity index is 1.50. The van der Waals surface area contributed by atoms with Gasteiger partial charge in [0.05, 0.1) is 23.8 Å². The maximum Gasteiger partial charge on any atom is 0.257 e. The maximum atomic E-state index is 12.7. The number of carbonyl (C=O) groups is 1. The molecule has 0 unspecified atom stereocenters. The van der Waals surface area contributed by atoms with Gasteiger partial charge in [-0.2, -0.15) is 0 Å². The lowest BCUT2D eigenvalue weighted by Gasteiger charge is -2.36. The maximum absolute atomic E-state index is 12.7. The van der Waals surface area contributed by atoms with E-state index in [2.05, 4.69) is 26.7 Å². The van der Waals surface area contributed by atoms with Crippen LogP contribution < -0.4 is 0 Å². The molecule has 5 rings (SSSR count). The fourth-order valence-electron chi connectivity index (χ4n) is 3.87. The van der Waals surface area contributed by atoms with Crippen LogP contribution in [0.2, 0.25) is 0 Å². The van der Waals surface area contributed by atoms with Crippen molar-refractivity contribution in [3.8, 4) is 0 Å². The number of piperidine rings is 1. The monoisotopic (exact) mass is 314 g/mol. The van der Waals surface area contributed by atoms with Crippen LogP contribution in [-0.2, 0) is 6.54 Å². The number of rotatable bonds is 3. The Labute approximate surface area is 135 Å². The average Bonchev–Trinajstić information content (AvgIpc) is 3.13. The molecule has 1 N–H and O–H groups in total. The first kappa shape index (κ1) is 14.5. The van der Waals surface area contributed by atoms with E-state index in [9.17, 15) is 4.79 Å². The molecule has 23 heavy (non-hydrogen) atoms. The third kappa shape index (κ3) is 2.79. The first-order valence-electron chi connectivity index (χ1n) is 8.25. The number of aromatic nitrogens is 2. The van der Waals surface area contributed by atoms with E-state index in [1.54, 1.807) is 24.9 Å². The molecule has 0 radical (unpaired) electrons. The van der Waals surface area contributed by atoms with Gasteiger partial charge in [-0.05, 0) is 31.7 Å². The molecule has 2 bridgehead atoms. The molecule has 0 aliphatic carbocycles. The van der Waals surface area contributed by atoms with Gasteiger partial charge < -0.3 is 14.3 Å². The van der Waals surface area contributed by atoms with Crippen molar-refractivity contribution in [2.45, 2.75) is 32.4 Å². The third-order valence-electron chi connectivity index (χ3n) is 5.13. The highest BCUT2D eigenvalue weighted by Crippen LogP contribution is 2.30. The van der Waals surface area contributed by atoms with Gasteiger partial charge in [-0.1, -0.05) is 0 Å². The minimum atomic E-state index is 0.103. The molecule has 3 saturated heterocycles. The molecular weight excluding hydrogens is 292 g/mol. The van der Waals surface area contributed by atoms with Crippen molar-refractivity contribution in [1.82, 2.24) is 19.8 Å². The summed E-state index contributed by atoms with van der Waals surface area (Å²) in [6, 6.07) is 2.04. The van der Waals surface area contributed by atoms with E-state index in [0.717, 1.165) is 44.0 Å². The molecule has 0 saturated carbocycles. The van der Waals surface area contributed by atoms with E-state index < -0.39 is 0 Å². The SMILES string of the molecule is Cc1[nH]cnc1CN1C[C@@H]2CC[C@H](C1)N(C(=O)c1ccoc1)C2. The van der Waals surface area contributed by atoms with Gasteiger partial charge >= 0.3 is 0 Å². The molecule has 0 spiro atoms. The zero-order chi connectivity index (χ0) is 15.8. The summed E-state index contributed by atoms with van der Waals surface area (Å²) in [4.78, 5) is 24.8. The zero-order valence-corrected chi connectivity index (χ0v) is 13.4. The molecule has 6 nitrogen and oxygen atoms in total. The van der Waals surface area contributed by atoms with Crippen LogP contribution in [0.3, 0.4) is 0 Å². The van der Waals surface area contributed by atoms with Crippen molar-refractivity contribution >= 4 is 5.91 Å². The van der Waals surface area contributed by atoms with E-state index >= 15 is 0 Å². The smallest absolute Gasteiger partial charge is 0.257 e. The van der Waals surface area contributed by atoms with Crippen LogP contribution in [0.1, 0.15) is 34.6 Å². The summed E-state index contributed by atoms with van der Waals surface area (Å²) in [7, 11) is 0. The van der Waals surface area contributed by atoms with Crippen molar-refractivity contribution in [3.05, 3.63) is 41.9 Å². The van der Waals surface area contributed by atoms with Gasteiger partial charge in [-0.3, -0.25) is 9.69 Å². The number of furan rings is 1. The number of nitrogens with one attached hydrogen (secondary N) is 1. The minimum absolute atomic E-state index is 0.103. The van der Waals surface area contributed by atoms with Crippen molar-refractivity contribution in [1.29, 1.82) is 0 Å². The Morgan fingerprint density at radius 1 is 1.39 bits per heavy atom. The molecule has 3 aliphatic rings. The molecule has 5 heterocycles. The summed E-state index contributed by atoms with van der Waals surface area (Å²) in [6.07, 6.45) is 7.16. The van der Waals surface area contributed by atoms with Crippen molar-refractivity contribution in [3.63, 3.8) is 0 Å². The zero-order valence-electron chi connectivity index (χ0n) is 13.4. The van der Waals surface area contributed by atoms with Crippen LogP contribution in [0.15, 0.2) is 29.3 Å². The highest BCUT2D eigenvalue weighted by Gasteiger charge is 2.37. The van der Waals surface area contributed by atoms with E-state index in [4.69, 9.17) is 4.42 Å². The number of hydrogen-bond acceptors (Lipinski definition) is 4. The van der Waals surface area contributed by atoms with Crippen LogP contribution in [0.4, 0.5) is 0 Å². The molecule has 0 aromatic carbocycles. The third-order valence-corrected chi connectivity index (χ3v) is 5.13. The van der Waals surface area contributed by atoms with Gasteiger partial charge in [0.25, 0.3) is 5.91 Å². The Morgan fingerprint density at radius 3 is 3.04 bits per heavy atom. The highest BCUT2D eigenvalue weighted by atomic mass is 16.3. The van der Waals surface area contributed by atoms with Crippen LogP contribution in [0.25, 0.3) is 0 Å². The Hall–Kier alpha value is -2.08. The Morgan fingerprint density at radius 2 is 2.30 bits per heavy atom. The predicted molar refractivity (Wildman–Crippen MR) is 84.9 cm³/mol. The summed E-state index contributed by atoms with van der Waals surface area (Å²) < 4.78 is 5.07. The molecule has 3 aliphatic heterocycles. The van der Waals surface area contributed by atoms with E-state index in [1.165, 1.54) is 6.42 Å². The number of aromatic amines is 1. The first-order chi connectivity index (χ1) is 11.2. The molecule has 1 amide bonds. The predicted octanol–water partition coefficient (Wildman–Crippen LogP) is 2.05. The Bertz CT molecular complexity index is 679. The van der Waals surface area contributed by atoms with Crippen LogP contribution >= 0.6 is 0 Å². The molecule has 2 atom stereocenters. The molecular formula is C17H22N4O2. The normalized spacial score (nSPS) is 24.8. The van der Waals surface area contributed by atoms with Gasteiger partial charge in [0, 0.05) is 37.9 Å². The van der Waals surface area contributed by atoms with Gasteiger partial charge in [0.2, 0.25) is 0 Å². The quantitative estimate of drug-likeness (QED) is 0.941. The van der Waals surface area contributed by atoms with Gasteiger partial charge in [0.15, 0.2) is 0 Å². The highest BCUT2D eigenvalue weighted by molar-refractivity contribution is 5.94. The van der Waals surface area contributed by atoms with E-state index in [1.807, 2.05) is 0 Å². The Kier molecular flexibility index (Phi) is 3.69. The summed E-state index contributed by atoms with van der Waals surface area (Å²) in [5, 5.41) is 0. The average molecular weight is 314 g/mol. The minimum Gasteiger partial charge on any atom is -0.472 e. The largest absolute Gasteiger partial charge is 0.472 e. The second kappa shape index (κ2) is 5.85. The number of amides is 1. The number of imidazole rings is 1. The molecule has 2 aromatic heterocycles. The van der Waals surface area contributed by atoms with Crippen molar-refractivity contribution in [2.24, 2.45) is 5.92 Å². The number of carbonyl (C=O) groups excluding carboxylic acids is 1. The lowest BCUT2D eigenvalue weighted by molar-refractivity contribution is 0.0584. The van der Waals surface area contributed by atoms with Gasteiger partial charge in [-0.25, -0.2) is 4.98 Å². The van der Waals surface area contributed by atoms with Gasteiger partial charge in [0.1, 0.15) is 6.26 Å². The lowest BCUT2D eigenvalue weighted by atomic mass is 9.94. The van der Waals surface area contributed by atoms with Crippen LogP contribution in [-0.4, -0.2) is 51.4 Å². The topological polar surface area (TPSA) is 65.4 Å². The molecule has 2 aromatic rings. The summed E-state index contributed by atoms with van der Waals surface area (Å²) in [5.41, 5.74) is 2.90. The fourth-order valence-corrected chi connectivity index (χ4v) is 3.87.